The summed E-state index contributed by atoms with van der Waals surface area (Å²) in [5.74, 6) is 2.26. The second-order valence-corrected chi connectivity index (χ2v) is 10.3. The molecule has 2 fully saturated rings. The summed E-state index contributed by atoms with van der Waals surface area (Å²) >= 11 is 0. The van der Waals surface area contributed by atoms with Crippen LogP contribution in [0.2, 0.25) is 0 Å². The average molecular weight is 448 g/mol. The largest absolute Gasteiger partial charge is 0.497 e. The summed E-state index contributed by atoms with van der Waals surface area (Å²) in [5, 5.41) is 0. The number of sulfonamides is 1. The molecule has 9 heteroatoms. The zero-order valence-corrected chi connectivity index (χ0v) is 18.6. The first-order valence-electron chi connectivity index (χ1n) is 10.8. The molecule has 2 aromatic rings. The fraction of sp³-hybridized carbons (Fsp3) is 0.545. The standard InChI is InChI=1S/C22H29N3O5S/c1-29-19-8-6-17(7-9-19)13-20-14-23-22(30-20)18-5-4-10-24(15-18)21(26)16-25-11-2-3-12-31(25,27)28/h6-9,14,18H,2-5,10-13,15-16H2,1H3. The maximum absolute atomic E-state index is 12.8. The number of carbonyl (C=O) groups excluding carboxylic acids is 1. The van der Waals surface area contributed by atoms with E-state index in [1.54, 1.807) is 18.2 Å². The molecule has 0 saturated carbocycles. The van der Waals surface area contributed by atoms with Crippen LogP contribution in [0.3, 0.4) is 0 Å². The summed E-state index contributed by atoms with van der Waals surface area (Å²) < 4.78 is 36.9. The molecule has 2 aliphatic rings. The lowest BCUT2D eigenvalue weighted by Crippen LogP contribution is -2.48. The van der Waals surface area contributed by atoms with Crippen LogP contribution in [0.5, 0.6) is 5.75 Å². The lowest BCUT2D eigenvalue weighted by molar-refractivity contribution is -0.132. The van der Waals surface area contributed by atoms with Crippen molar-refractivity contribution in [3.05, 3.63) is 47.7 Å². The number of likely N-dealkylation sites (tertiary alicyclic amines) is 1. The summed E-state index contributed by atoms with van der Waals surface area (Å²) in [6, 6.07) is 7.83. The van der Waals surface area contributed by atoms with Crippen LogP contribution in [0.25, 0.3) is 0 Å². The van der Waals surface area contributed by atoms with Gasteiger partial charge in [0.2, 0.25) is 15.9 Å². The van der Waals surface area contributed by atoms with E-state index in [4.69, 9.17) is 9.15 Å². The predicted octanol–water partition coefficient (Wildman–Crippen LogP) is 2.41. The molecule has 0 radical (unpaired) electrons. The number of amides is 1. The molecule has 8 nitrogen and oxygen atoms in total. The van der Waals surface area contributed by atoms with E-state index < -0.39 is 10.0 Å². The molecule has 0 spiro atoms. The molecule has 4 rings (SSSR count). The molecular weight excluding hydrogens is 418 g/mol. The summed E-state index contributed by atoms with van der Waals surface area (Å²) in [6.07, 6.45) is 5.61. The molecule has 0 bridgehead atoms. The van der Waals surface area contributed by atoms with Crippen LogP contribution in [0.15, 0.2) is 34.9 Å². The molecule has 31 heavy (non-hydrogen) atoms. The van der Waals surface area contributed by atoms with Gasteiger partial charge in [-0.05, 0) is 43.4 Å². The van der Waals surface area contributed by atoms with Crippen LogP contribution in [0.1, 0.15) is 48.8 Å². The monoisotopic (exact) mass is 447 g/mol. The van der Waals surface area contributed by atoms with Crippen LogP contribution in [-0.2, 0) is 21.2 Å². The predicted molar refractivity (Wildman–Crippen MR) is 115 cm³/mol. The molecule has 0 aliphatic carbocycles. The van der Waals surface area contributed by atoms with Crippen LogP contribution in [0, 0.1) is 0 Å². The van der Waals surface area contributed by atoms with Crippen LogP contribution >= 0.6 is 0 Å². The molecule has 1 aromatic carbocycles. The zero-order valence-electron chi connectivity index (χ0n) is 17.8. The quantitative estimate of drug-likeness (QED) is 0.675. The number of hydrogen-bond donors (Lipinski definition) is 0. The van der Waals surface area contributed by atoms with E-state index in [1.165, 1.54) is 4.31 Å². The molecular formula is C22H29N3O5S. The normalized spacial score (nSPS) is 21.7. The van der Waals surface area contributed by atoms with Gasteiger partial charge in [0, 0.05) is 26.1 Å². The van der Waals surface area contributed by atoms with Crippen molar-refractivity contribution in [2.24, 2.45) is 0 Å². The summed E-state index contributed by atoms with van der Waals surface area (Å²) in [7, 11) is -1.67. The number of methoxy groups -OCH3 is 1. The Hall–Kier alpha value is -2.39. The van der Waals surface area contributed by atoms with E-state index in [0.717, 1.165) is 36.3 Å². The number of nitrogens with zero attached hydrogens (tertiary/aromatic N) is 3. The number of piperidine rings is 1. The molecule has 2 aliphatic heterocycles. The topological polar surface area (TPSA) is 93.0 Å². The fourth-order valence-electron chi connectivity index (χ4n) is 4.21. The van der Waals surface area contributed by atoms with Gasteiger partial charge in [0.15, 0.2) is 5.89 Å². The van der Waals surface area contributed by atoms with Gasteiger partial charge < -0.3 is 14.1 Å². The number of carbonyl (C=O) groups is 1. The third-order valence-corrected chi connectivity index (χ3v) is 7.90. The SMILES string of the molecule is COc1ccc(Cc2cnc(C3CCCN(C(=O)CN4CCCCS4(=O)=O)C3)o2)cc1. The Balaban J connectivity index is 1.36. The fourth-order valence-corrected chi connectivity index (χ4v) is 5.75. The van der Waals surface area contributed by atoms with Gasteiger partial charge in [0.1, 0.15) is 11.5 Å². The van der Waals surface area contributed by atoms with Crippen LogP contribution in [-0.4, -0.2) is 67.6 Å². The summed E-state index contributed by atoms with van der Waals surface area (Å²) in [4.78, 5) is 19.0. The van der Waals surface area contributed by atoms with Gasteiger partial charge in [-0.15, -0.1) is 0 Å². The van der Waals surface area contributed by atoms with Crippen LogP contribution < -0.4 is 4.74 Å². The van der Waals surface area contributed by atoms with Gasteiger partial charge >= 0.3 is 0 Å². The van der Waals surface area contributed by atoms with E-state index in [2.05, 4.69) is 4.98 Å². The van der Waals surface area contributed by atoms with Crippen LogP contribution in [0.4, 0.5) is 0 Å². The van der Waals surface area contributed by atoms with Gasteiger partial charge in [-0.1, -0.05) is 12.1 Å². The minimum atomic E-state index is -3.31. The molecule has 1 unspecified atom stereocenters. The van der Waals surface area contributed by atoms with Crippen molar-refractivity contribution >= 4 is 15.9 Å². The second kappa shape index (κ2) is 9.40. The number of benzene rings is 1. The minimum Gasteiger partial charge on any atom is -0.497 e. The third-order valence-electron chi connectivity index (χ3n) is 6.00. The Morgan fingerprint density at radius 1 is 1.19 bits per heavy atom. The van der Waals surface area contributed by atoms with E-state index in [1.807, 2.05) is 24.3 Å². The molecule has 1 amide bonds. The van der Waals surface area contributed by atoms with Gasteiger partial charge in [0.05, 0.1) is 31.5 Å². The smallest absolute Gasteiger partial charge is 0.237 e. The first kappa shape index (κ1) is 21.8. The van der Waals surface area contributed by atoms with Crippen molar-refractivity contribution in [3.63, 3.8) is 0 Å². The Labute approximate surface area is 183 Å². The lowest BCUT2D eigenvalue weighted by atomic mass is 9.98. The minimum absolute atomic E-state index is 0.0280. The zero-order chi connectivity index (χ0) is 21.8. The van der Waals surface area contributed by atoms with Crippen molar-refractivity contribution in [2.75, 3.05) is 39.0 Å². The van der Waals surface area contributed by atoms with Gasteiger partial charge in [0.25, 0.3) is 0 Å². The Morgan fingerprint density at radius 2 is 2.00 bits per heavy atom. The summed E-state index contributed by atoms with van der Waals surface area (Å²) in [5.41, 5.74) is 1.10. The number of ether oxygens (including phenoxy) is 1. The van der Waals surface area contributed by atoms with E-state index in [-0.39, 0.29) is 24.1 Å². The first-order chi connectivity index (χ1) is 14.9. The highest BCUT2D eigenvalue weighted by Gasteiger charge is 2.32. The third kappa shape index (κ3) is 5.27. The number of oxazole rings is 1. The van der Waals surface area contributed by atoms with Gasteiger partial charge in [-0.25, -0.2) is 13.4 Å². The summed E-state index contributed by atoms with van der Waals surface area (Å²) in [6.45, 7) is 1.51. The Kier molecular flexibility index (Phi) is 6.62. The first-order valence-corrected chi connectivity index (χ1v) is 12.4. The maximum Gasteiger partial charge on any atom is 0.237 e. The number of hydrogen-bond acceptors (Lipinski definition) is 6. The van der Waals surface area contributed by atoms with Crippen molar-refractivity contribution in [2.45, 2.75) is 38.0 Å². The highest BCUT2D eigenvalue weighted by Crippen LogP contribution is 2.28. The Bertz CT molecular complexity index is 1000. The molecule has 168 valence electrons. The number of aromatic nitrogens is 1. The molecule has 0 N–H and O–H groups in total. The van der Waals surface area contributed by atoms with Crippen molar-refractivity contribution in [1.29, 1.82) is 0 Å². The lowest BCUT2D eigenvalue weighted by Gasteiger charge is -2.33. The highest BCUT2D eigenvalue weighted by atomic mass is 32.2. The average Bonchev–Trinajstić information content (AvgIpc) is 3.24. The van der Waals surface area contributed by atoms with E-state index in [0.29, 0.717) is 38.4 Å². The molecule has 2 saturated heterocycles. The number of rotatable bonds is 6. The Morgan fingerprint density at radius 3 is 2.74 bits per heavy atom. The second-order valence-electron chi connectivity index (χ2n) is 8.23. The van der Waals surface area contributed by atoms with Gasteiger partial charge in [-0.3, -0.25) is 4.79 Å². The van der Waals surface area contributed by atoms with Crippen molar-refractivity contribution in [1.82, 2.24) is 14.2 Å². The van der Waals surface area contributed by atoms with Gasteiger partial charge in [-0.2, -0.15) is 4.31 Å². The van der Waals surface area contributed by atoms with E-state index in [9.17, 15) is 13.2 Å². The molecule has 1 atom stereocenters. The molecule has 1 aromatic heterocycles. The van der Waals surface area contributed by atoms with Crippen molar-refractivity contribution in [3.8, 4) is 5.75 Å². The molecule has 3 heterocycles. The van der Waals surface area contributed by atoms with Crippen molar-refractivity contribution < 1.29 is 22.4 Å². The maximum atomic E-state index is 12.8. The highest BCUT2D eigenvalue weighted by molar-refractivity contribution is 7.89. The van der Waals surface area contributed by atoms with E-state index >= 15 is 0 Å².